The summed E-state index contributed by atoms with van der Waals surface area (Å²) in [5.41, 5.74) is 4.00. The number of rotatable bonds is 4. The molecule has 2 saturated heterocycles. The number of nitrogens with zero attached hydrogens (tertiary/aromatic N) is 2. The van der Waals surface area contributed by atoms with Crippen LogP contribution in [0.15, 0.2) is 48.5 Å². The van der Waals surface area contributed by atoms with E-state index in [-0.39, 0.29) is 24.2 Å². The van der Waals surface area contributed by atoms with Crippen molar-refractivity contribution in [3.63, 3.8) is 0 Å². The van der Waals surface area contributed by atoms with E-state index in [1.54, 1.807) is 4.90 Å². The molecule has 1 unspecified atom stereocenters. The number of carbonyl (C=O) groups is 2. The summed E-state index contributed by atoms with van der Waals surface area (Å²) >= 11 is 0. The first kappa shape index (κ1) is 18.5. The van der Waals surface area contributed by atoms with E-state index in [1.165, 1.54) is 24.9 Å². The van der Waals surface area contributed by atoms with E-state index in [4.69, 9.17) is 0 Å². The molecule has 0 aromatic heterocycles. The Bertz CT molecular complexity index is 839. The number of amides is 2. The van der Waals surface area contributed by atoms with Crippen molar-refractivity contribution in [3.05, 3.63) is 54.1 Å². The van der Waals surface area contributed by atoms with Crippen LogP contribution in [0, 0.1) is 12.8 Å². The van der Waals surface area contributed by atoms with Gasteiger partial charge in [0.25, 0.3) is 0 Å². The largest absolute Gasteiger partial charge is 0.372 e. The summed E-state index contributed by atoms with van der Waals surface area (Å²) in [6, 6.07) is 15.9. The molecule has 146 valence electrons. The molecule has 4 rings (SSSR count). The third kappa shape index (κ3) is 4.03. The molecule has 2 aliphatic heterocycles. The van der Waals surface area contributed by atoms with Gasteiger partial charge in [-0.3, -0.25) is 9.59 Å². The average molecular weight is 377 g/mol. The summed E-state index contributed by atoms with van der Waals surface area (Å²) in [6.07, 6.45) is 4.05. The lowest BCUT2D eigenvalue weighted by molar-refractivity contribution is -0.122. The summed E-state index contributed by atoms with van der Waals surface area (Å²) in [4.78, 5) is 29.2. The van der Waals surface area contributed by atoms with Crippen molar-refractivity contribution in [1.29, 1.82) is 0 Å². The molecule has 1 atom stereocenters. The zero-order chi connectivity index (χ0) is 19.5. The lowest BCUT2D eigenvalue weighted by atomic mass is 10.1. The minimum absolute atomic E-state index is 0.00412. The van der Waals surface area contributed by atoms with Gasteiger partial charge in [-0.2, -0.15) is 0 Å². The van der Waals surface area contributed by atoms with Gasteiger partial charge in [0.15, 0.2) is 0 Å². The summed E-state index contributed by atoms with van der Waals surface area (Å²) in [7, 11) is 0. The Kier molecular flexibility index (Phi) is 5.33. The number of anilines is 3. The van der Waals surface area contributed by atoms with Crippen LogP contribution in [0.4, 0.5) is 17.1 Å². The van der Waals surface area contributed by atoms with Gasteiger partial charge in [0.2, 0.25) is 11.8 Å². The molecular weight excluding hydrogens is 350 g/mol. The van der Waals surface area contributed by atoms with Crippen molar-refractivity contribution in [1.82, 2.24) is 0 Å². The van der Waals surface area contributed by atoms with E-state index in [2.05, 4.69) is 22.3 Å². The summed E-state index contributed by atoms with van der Waals surface area (Å²) < 4.78 is 0. The quantitative estimate of drug-likeness (QED) is 0.877. The molecule has 0 bridgehead atoms. The van der Waals surface area contributed by atoms with Crippen LogP contribution in [-0.2, 0) is 9.59 Å². The van der Waals surface area contributed by atoms with E-state index in [0.29, 0.717) is 6.54 Å². The molecule has 0 aliphatic carbocycles. The van der Waals surface area contributed by atoms with Crippen LogP contribution >= 0.6 is 0 Å². The van der Waals surface area contributed by atoms with E-state index in [0.717, 1.165) is 30.0 Å². The molecular formula is C23H27N3O2. The van der Waals surface area contributed by atoms with Crippen LogP contribution in [0.1, 0.15) is 31.2 Å². The summed E-state index contributed by atoms with van der Waals surface area (Å²) in [5, 5.41) is 2.98. The number of carbonyl (C=O) groups excluding carboxylic acids is 2. The molecule has 1 N–H and O–H groups in total. The maximum Gasteiger partial charge on any atom is 0.229 e. The van der Waals surface area contributed by atoms with Crippen molar-refractivity contribution in [2.75, 3.05) is 34.8 Å². The topological polar surface area (TPSA) is 52.7 Å². The minimum atomic E-state index is -0.324. The van der Waals surface area contributed by atoms with Gasteiger partial charge in [0, 0.05) is 43.1 Å². The lowest BCUT2D eigenvalue weighted by Crippen LogP contribution is -2.29. The molecule has 5 nitrogen and oxygen atoms in total. The summed E-state index contributed by atoms with van der Waals surface area (Å²) in [5.74, 6) is -0.409. The van der Waals surface area contributed by atoms with Crippen LogP contribution in [-0.4, -0.2) is 31.4 Å². The number of piperidine rings is 1. The molecule has 0 radical (unpaired) electrons. The molecule has 0 saturated carbocycles. The first-order chi connectivity index (χ1) is 13.6. The van der Waals surface area contributed by atoms with Gasteiger partial charge in [-0.25, -0.2) is 0 Å². The van der Waals surface area contributed by atoms with Crippen molar-refractivity contribution < 1.29 is 9.59 Å². The minimum Gasteiger partial charge on any atom is -0.372 e. The fourth-order valence-corrected chi connectivity index (χ4v) is 4.01. The fourth-order valence-electron chi connectivity index (χ4n) is 4.01. The van der Waals surface area contributed by atoms with E-state index < -0.39 is 0 Å². The van der Waals surface area contributed by atoms with Crippen molar-refractivity contribution in [2.24, 2.45) is 5.92 Å². The van der Waals surface area contributed by atoms with E-state index in [9.17, 15) is 9.59 Å². The van der Waals surface area contributed by atoms with Crippen LogP contribution in [0.3, 0.4) is 0 Å². The predicted octanol–water partition coefficient (Wildman–Crippen LogP) is 3.98. The normalized spacial score (nSPS) is 19.8. The first-order valence-corrected chi connectivity index (χ1v) is 10.1. The fraction of sp³-hybridized carbons (Fsp3) is 0.391. The number of aryl methyl sites for hydroxylation is 1. The number of benzene rings is 2. The third-order valence-electron chi connectivity index (χ3n) is 5.70. The zero-order valence-corrected chi connectivity index (χ0v) is 16.4. The molecule has 2 amide bonds. The van der Waals surface area contributed by atoms with Gasteiger partial charge >= 0.3 is 0 Å². The van der Waals surface area contributed by atoms with Gasteiger partial charge in [-0.1, -0.05) is 17.7 Å². The Morgan fingerprint density at radius 1 is 0.929 bits per heavy atom. The Balaban J connectivity index is 1.37. The van der Waals surface area contributed by atoms with Gasteiger partial charge in [0.1, 0.15) is 0 Å². The van der Waals surface area contributed by atoms with Gasteiger partial charge in [0.05, 0.1) is 5.92 Å². The van der Waals surface area contributed by atoms with Crippen molar-refractivity contribution >= 4 is 28.9 Å². The first-order valence-electron chi connectivity index (χ1n) is 10.1. The smallest absolute Gasteiger partial charge is 0.229 e. The maximum absolute atomic E-state index is 12.7. The molecule has 5 heteroatoms. The molecule has 28 heavy (non-hydrogen) atoms. The molecule has 2 aromatic carbocycles. The standard InChI is InChI=1S/C23H27N3O2/c1-17-5-9-21(10-6-17)26-16-18(15-22(26)27)23(28)24-19-7-11-20(12-8-19)25-13-3-2-4-14-25/h5-12,18H,2-4,13-16H2,1H3,(H,24,28). The van der Waals surface area contributed by atoms with Crippen LogP contribution < -0.4 is 15.1 Å². The second-order valence-electron chi connectivity index (χ2n) is 7.82. The monoisotopic (exact) mass is 377 g/mol. The summed E-state index contributed by atoms with van der Waals surface area (Å²) in [6.45, 7) is 4.65. The highest BCUT2D eigenvalue weighted by Gasteiger charge is 2.35. The predicted molar refractivity (Wildman–Crippen MR) is 113 cm³/mol. The number of nitrogens with one attached hydrogen (secondary N) is 1. The van der Waals surface area contributed by atoms with Gasteiger partial charge in [-0.15, -0.1) is 0 Å². The molecule has 2 aliphatic rings. The van der Waals surface area contributed by atoms with Crippen LogP contribution in [0.25, 0.3) is 0 Å². The van der Waals surface area contributed by atoms with Crippen LogP contribution in [0.5, 0.6) is 0 Å². The highest BCUT2D eigenvalue weighted by atomic mass is 16.2. The number of hydrogen-bond donors (Lipinski definition) is 1. The highest BCUT2D eigenvalue weighted by Crippen LogP contribution is 2.27. The average Bonchev–Trinajstić information content (AvgIpc) is 3.12. The Hall–Kier alpha value is -2.82. The number of hydrogen-bond acceptors (Lipinski definition) is 3. The Morgan fingerprint density at radius 3 is 2.25 bits per heavy atom. The molecule has 2 fully saturated rings. The molecule has 2 aromatic rings. The van der Waals surface area contributed by atoms with Gasteiger partial charge < -0.3 is 15.1 Å². The van der Waals surface area contributed by atoms with Crippen LogP contribution in [0.2, 0.25) is 0 Å². The SMILES string of the molecule is Cc1ccc(N2CC(C(=O)Nc3ccc(N4CCCCC4)cc3)CC2=O)cc1. The second-order valence-corrected chi connectivity index (χ2v) is 7.82. The van der Waals surface area contributed by atoms with Crippen molar-refractivity contribution in [3.8, 4) is 0 Å². The van der Waals surface area contributed by atoms with Gasteiger partial charge in [-0.05, 0) is 62.6 Å². The highest BCUT2D eigenvalue weighted by molar-refractivity contribution is 6.03. The Morgan fingerprint density at radius 2 is 1.57 bits per heavy atom. The van der Waals surface area contributed by atoms with E-state index in [1.807, 2.05) is 43.3 Å². The molecule has 0 spiro atoms. The van der Waals surface area contributed by atoms with Crippen molar-refractivity contribution in [2.45, 2.75) is 32.6 Å². The lowest BCUT2D eigenvalue weighted by Gasteiger charge is -2.28. The third-order valence-corrected chi connectivity index (χ3v) is 5.70. The molecule has 2 heterocycles. The zero-order valence-electron chi connectivity index (χ0n) is 16.4. The maximum atomic E-state index is 12.7. The second kappa shape index (κ2) is 8.05. The Labute approximate surface area is 166 Å². The van der Waals surface area contributed by atoms with E-state index >= 15 is 0 Å².